The maximum Gasteiger partial charge on any atom is 0.283 e. The number of hydrogen-bond donors (Lipinski definition) is 0. The maximum atomic E-state index is 13.0. The Bertz CT molecular complexity index is 889. The molecule has 0 N–H and O–H groups in total. The largest absolute Gasteiger partial charge is 0.494 e. The van der Waals surface area contributed by atoms with Gasteiger partial charge in [-0.3, -0.25) is 9.69 Å². The van der Waals surface area contributed by atoms with Crippen LogP contribution in [-0.4, -0.2) is 23.4 Å². The molecule has 2 aromatic rings. The average Bonchev–Trinajstić information content (AvgIpc) is 2.98. The molecule has 2 aromatic carbocycles. The second-order valence-corrected chi connectivity index (χ2v) is 7.07. The highest BCUT2D eigenvalue weighted by atomic mass is 35.5. The Balaban J connectivity index is 1.92. The van der Waals surface area contributed by atoms with E-state index in [1.54, 1.807) is 29.2 Å². The van der Waals surface area contributed by atoms with Gasteiger partial charge in [0.25, 0.3) is 5.91 Å². The van der Waals surface area contributed by atoms with E-state index in [0.29, 0.717) is 28.2 Å². The molecule has 0 atom stereocenters. The number of ether oxygens (including phenoxy) is 1. The highest BCUT2D eigenvalue weighted by Crippen LogP contribution is 2.30. The molecule has 6 heteroatoms. The van der Waals surface area contributed by atoms with Crippen molar-refractivity contribution in [1.29, 1.82) is 0 Å². The standard InChI is InChI=1S/C21H19ClN2O2S/c1-3-13-27-21-23-19(14-15-5-7-16(22)8-6-15)20(25)24(21)17-9-11-18(12-10-17)26-4-2/h3,5-12,14H,1,4,13H2,2H3/b19-14-. The lowest BCUT2D eigenvalue weighted by Gasteiger charge is -2.17. The third-order valence-corrected chi connectivity index (χ3v) is 4.93. The molecule has 1 heterocycles. The molecule has 3 rings (SSSR count). The highest BCUT2D eigenvalue weighted by molar-refractivity contribution is 8.14. The van der Waals surface area contributed by atoms with Crippen molar-refractivity contribution >= 4 is 46.2 Å². The van der Waals surface area contributed by atoms with Gasteiger partial charge in [0.1, 0.15) is 11.4 Å². The molecule has 138 valence electrons. The van der Waals surface area contributed by atoms with Crippen molar-refractivity contribution in [3.05, 3.63) is 77.5 Å². The molecular formula is C21H19ClN2O2S. The van der Waals surface area contributed by atoms with Crippen LogP contribution in [0.5, 0.6) is 5.75 Å². The van der Waals surface area contributed by atoms with Gasteiger partial charge in [0, 0.05) is 10.8 Å². The molecule has 0 spiro atoms. The number of carbonyl (C=O) groups is 1. The minimum atomic E-state index is -0.166. The first kappa shape index (κ1) is 19.3. The number of hydrogen-bond acceptors (Lipinski definition) is 4. The topological polar surface area (TPSA) is 41.9 Å². The summed E-state index contributed by atoms with van der Waals surface area (Å²) >= 11 is 7.40. The zero-order valence-corrected chi connectivity index (χ0v) is 16.5. The Hall–Kier alpha value is -2.50. The second-order valence-electron chi connectivity index (χ2n) is 5.64. The van der Waals surface area contributed by atoms with Gasteiger partial charge >= 0.3 is 0 Å². The molecule has 1 aliphatic rings. The number of thioether (sulfide) groups is 1. The van der Waals surface area contributed by atoms with E-state index >= 15 is 0 Å². The van der Waals surface area contributed by atoms with E-state index in [-0.39, 0.29) is 5.91 Å². The van der Waals surface area contributed by atoms with Crippen molar-refractivity contribution in [1.82, 2.24) is 0 Å². The molecule has 0 radical (unpaired) electrons. The van der Waals surface area contributed by atoms with Crippen LogP contribution in [0.2, 0.25) is 5.02 Å². The number of benzene rings is 2. The Labute approximate surface area is 168 Å². The van der Waals surface area contributed by atoms with E-state index in [9.17, 15) is 4.79 Å². The second kappa shape index (κ2) is 8.93. The van der Waals surface area contributed by atoms with Gasteiger partial charge in [-0.2, -0.15) is 0 Å². The summed E-state index contributed by atoms with van der Waals surface area (Å²) in [5.74, 6) is 1.26. The fraction of sp³-hybridized carbons (Fsp3) is 0.143. The lowest BCUT2D eigenvalue weighted by Crippen LogP contribution is -2.30. The van der Waals surface area contributed by atoms with Crippen molar-refractivity contribution < 1.29 is 9.53 Å². The van der Waals surface area contributed by atoms with Crippen molar-refractivity contribution in [3.8, 4) is 5.75 Å². The maximum absolute atomic E-state index is 13.0. The molecule has 0 unspecified atom stereocenters. The number of carbonyl (C=O) groups excluding carboxylic acids is 1. The molecule has 0 saturated carbocycles. The Morgan fingerprint density at radius 2 is 1.89 bits per heavy atom. The van der Waals surface area contributed by atoms with Crippen molar-refractivity contribution in [2.45, 2.75) is 6.92 Å². The van der Waals surface area contributed by atoms with Crippen LogP contribution in [0.3, 0.4) is 0 Å². The lowest BCUT2D eigenvalue weighted by molar-refractivity contribution is -0.113. The van der Waals surface area contributed by atoms with Gasteiger partial charge < -0.3 is 4.74 Å². The van der Waals surface area contributed by atoms with Crippen LogP contribution in [0, 0.1) is 0 Å². The molecule has 0 aliphatic carbocycles. The summed E-state index contributed by atoms with van der Waals surface area (Å²) in [5, 5.41) is 1.28. The van der Waals surface area contributed by atoms with Crippen LogP contribution in [0.4, 0.5) is 5.69 Å². The minimum Gasteiger partial charge on any atom is -0.494 e. The number of halogens is 1. The summed E-state index contributed by atoms with van der Waals surface area (Å²) < 4.78 is 5.48. The number of rotatable bonds is 6. The molecule has 1 aliphatic heterocycles. The monoisotopic (exact) mass is 398 g/mol. The number of anilines is 1. The molecule has 1 amide bonds. The SMILES string of the molecule is C=CCSC1=N/C(=C\c2ccc(Cl)cc2)C(=O)N1c1ccc(OCC)cc1. The summed E-state index contributed by atoms with van der Waals surface area (Å²) in [4.78, 5) is 19.2. The van der Waals surface area contributed by atoms with Crippen LogP contribution in [0.25, 0.3) is 6.08 Å². The minimum absolute atomic E-state index is 0.166. The van der Waals surface area contributed by atoms with E-state index in [0.717, 1.165) is 17.0 Å². The van der Waals surface area contributed by atoms with Crippen molar-refractivity contribution in [2.24, 2.45) is 4.99 Å². The molecule has 0 bridgehead atoms. The predicted octanol–water partition coefficient (Wildman–Crippen LogP) is 5.40. The summed E-state index contributed by atoms with van der Waals surface area (Å²) in [6, 6.07) is 14.7. The van der Waals surface area contributed by atoms with Gasteiger partial charge in [-0.25, -0.2) is 4.99 Å². The summed E-state index contributed by atoms with van der Waals surface area (Å²) in [6.45, 7) is 6.27. The smallest absolute Gasteiger partial charge is 0.283 e. The van der Waals surface area contributed by atoms with Gasteiger partial charge in [-0.05, 0) is 55.0 Å². The Morgan fingerprint density at radius 1 is 1.19 bits per heavy atom. The van der Waals surface area contributed by atoms with Crippen LogP contribution in [-0.2, 0) is 4.79 Å². The molecule has 0 saturated heterocycles. The number of aliphatic imine (C=N–C) groups is 1. The first-order chi connectivity index (χ1) is 13.1. The van der Waals surface area contributed by atoms with Gasteiger partial charge in [0.15, 0.2) is 5.17 Å². The van der Waals surface area contributed by atoms with Gasteiger partial charge in [-0.1, -0.05) is 41.6 Å². The third-order valence-electron chi connectivity index (χ3n) is 3.74. The van der Waals surface area contributed by atoms with Gasteiger partial charge in [0.2, 0.25) is 0 Å². The Kier molecular flexibility index (Phi) is 6.37. The number of amidine groups is 1. The van der Waals surface area contributed by atoms with E-state index in [2.05, 4.69) is 11.6 Å². The van der Waals surface area contributed by atoms with Crippen LogP contribution in [0.15, 0.2) is 71.9 Å². The first-order valence-corrected chi connectivity index (χ1v) is 9.85. The highest BCUT2D eigenvalue weighted by Gasteiger charge is 2.31. The molecule has 4 nitrogen and oxygen atoms in total. The first-order valence-electron chi connectivity index (χ1n) is 8.49. The summed E-state index contributed by atoms with van der Waals surface area (Å²) in [7, 11) is 0. The fourth-order valence-electron chi connectivity index (χ4n) is 2.53. The number of amides is 1. The van der Waals surface area contributed by atoms with Gasteiger partial charge in [0.05, 0.1) is 12.3 Å². The summed E-state index contributed by atoms with van der Waals surface area (Å²) in [5.41, 5.74) is 2.00. The molecule has 27 heavy (non-hydrogen) atoms. The van der Waals surface area contributed by atoms with Crippen molar-refractivity contribution in [2.75, 3.05) is 17.3 Å². The van der Waals surface area contributed by atoms with Crippen LogP contribution < -0.4 is 9.64 Å². The van der Waals surface area contributed by atoms with Crippen molar-refractivity contribution in [3.63, 3.8) is 0 Å². The van der Waals surface area contributed by atoms with E-state index in [1.807, 2.05) is 43.3 Å². The molecular weight excluding hydrogens is 380 g/mol. The molecule has 0 aromatic heterocycles. The third kappa shape index (κ3) is 4.62. The summed E-state index contributed by atoms with van der Waals surface area (Å²) in [6.07, 6.45) is 3.55. The zero-order chi connectivity index (χ0) is 19.2. The fourth-order valence-corrected chi connectivity index (χ4v) is 3.40. The Morgan fingerprint density at radius 3 is 2.52 bits per heavy atom. The number of nitrogens with zero attached hydrogens (tertiary/aromatic N) is 2. The van der Waals surface area contributed by atoms with E-state index in [1.165, 1.54) is 11.8 Å². The normalized spacial score (nSPS) is 15.2. The predicted molar refractivity (Wildman–Crippen MR) is 115 cm³/mol. The van der Waals surface area contributed by atoms with Gasteiger partial charge in [-0.15, -0.1) is 6.58 Å². The van der Waals surface area contributed by atoms with E-state index < -0.39 is 0 Å². The van der Waals surface area contributed by atoms with Crippen LogP contribution >= 0.6 is 23.4 Å². The van der Waals surface area contributed by atoms with E-state index in [4.69, 9.17) is 16.3 Å². The van der Waals surface area contributed by atoms with Crippen LogP contribution in [0.1, 0.15) is 12.5 Å². The zero-order valence-electron chi connectivity index (χ0n) is 14.9. The average molecular weight is 399 g/mol. The quantitative estimate of drug-likeness (QED) is 0.483. The molecule has 0 fully saturated rings. The lowest BCUT2D eigenvalue weighted by atomic mass is 10.2.